The average Bonchev–Trinajstić information content (AvgIpc) is 3.01. The molecule has 5 aromatic rings. The summed E-state index contributed by atoms with van der Waals surface area (Å²) < 4.78 is 29.3. The van der Waals surface area contributed by atoms with Crippen LogP contribution < -0.4 is 0 Å². The molecule has 0 saturated carbocycles. The fraction of sp³-hybridized carbons (Fsp3) is 0. The molecule has 5 aromatic carbocycles. The second kappa shape index (κ2) is 6.06. The zero-order chi connectivity index (χ0) is 14.8. The van der Waals surface area contributed by atoms with E-state index < -0.39 is 0 Å². The van der Waals surface area contributed by atoms with Gasteiger partial charge in [0, 0.05) is 37.1 Å². The monoisotopic (exact) mass is 390 g/mol. The summed E-state index contributed by atoms with van der Waals surface area (Å²) in [7, 11) is 0. The minimum absolute atomic E-state index is 0. The van der Waals surface area contributed by atoms with Gasteiger partial charge in [0.1, 0.15) is 0 Å². The minimum atomic E-state index is -0.224. The smallest absolute Gasteiger partial charge is 0.0537 e. The van der Waals surface area contributed by atoms with Gasteiger partial charge in [-0.1, -0.05) is 47.2 Å². The van der Waals surface area contributed by atoms with Gasteiger partial charge in [0.25, 0.3) is 0 Å². The summed E-state index contributed by atoms with van der Waals surface area (Å²) in [5.74, 6) is -0.448. The predicted octanol–water partition coefficient (Wildman–Crippen LogP) is 6.01. The summed E-state index contributed by atoms with van der Waals surface area (Å²) in [4.78, 5) is 0. The van der Waals surface area contributed by atoms with Gasteiger partial charge >= 0.3 is 0 Å². The van der Waals surface area contributed by atoms with Crippen LogP contribution in [0, 0.1) is 11.6 Å². The zero-order valence-corrected chi connectivity index (χ0v) is 15.2. The van der Waals surface area contributed by atoms with Crippen LogP contribution in [0.2, 0.25) is 0 Å². The van der Waals surface area contributed by atoms with Crippen molar-refractivity contribution in [3.05, 3.63) is 72.3 Å². The Balaban J connectivity index is 0.000000845. The van der Waals surface area contributed by atoms with Gasteiger partial charge in [-0.2, -0.15) is 0 Å². The first-order valence-electron chi connectivity index (χ1n) is 7.19. The molecule has 0 fully saturated rings. The van der Waals surface area contributed by atoms with Crippen molar-refractivity contribution in [1.82, 2.24) is 0 Å². The maximum atomic E-state index is 14.7. The fourth-order valence-corrected chi connectivity index (χ4v) is 3.52. The quantitative estimate of drug-likeness (QED) is 0.284. The number of fused-ring (bicyclic) bond motifs is 6. The van der Waals surface area contributed by atoms with Gasteiger partial charge in [-0.15, -0.1) is 56.6 Å². The Morgan fingerprint density at radius 2 is 0.875 bits per heavy atom. The van der Waals surface area contributed by atoms with Crippen LogP contribution in [0.4, 0.5) is 8.78 Å². The van der Waals surface area contributed by atoms with Gasteiger partial charge < -0.3 is 0 Å². The van der Waals surface area contributed by atoms with Gasteiger partial charge in [-0.05, 0) is 0 Å². The molecule has 5 rings (SSSR count). The Morgan fingerprint density at radius 1 is 0.500 bits per heavy atom. The van der Waals surface area contributed by atoms with E-state index in [-0.39, 0.29) is 48.7 Å². The van der Waals surface area contributed by atoms with Crippen molar-refractivity contribution in [3.8, 4) is 0 Å². The normalized spacial score (nSPS) is 11.1. The largest absolute Gasteiger partial charge is 0.254 e. The third-order valence-electron chi connectivity index (χ3n) is 4.54. The first-order chi connectivity index (χ1) is 10.8. The maximum Gasteiger partial charge on any atom is 0.0537 e. The Kier molecular flexibility index (Phi) is 4.35. The van der Waals surface area contributed by atoms with Crippen LogP contribution in [0.1, 0.15) is 0 Å². The number of benzene rings is 3. The first-order valence-corrected chi connectivity index (χ1v) is 7.19. The molecule has 0 amide bonds. The Hall–Kier alpha value is -1.57. The predicted molar refractivity (Wildman–Crippen MR) is 87.6 cm³/mol. The summed E-state index contributed by atoms with van der Waals surface area (Å²) in [6.45, 7) is 0. The van der Waals surface area contributed by atoms with E-state index in [2.05, 4.69) is 0 Å². The molecule has 0 spiro atoms. The van der Waals surface area contributed by atoms with Crippen molar-refractivity contribution in [1.29, 1.82) is 0 Å². The maximum absolute atomic E-state index is 14.7. The topological polar surface area (TPSA) is 0 Å². The summed E-state index contributed by atoms with van der Waals surface area (Å²) in [5, 5.41) is 5.52. The van der Waals surface area contributed by atoms with Crippen molar-refractivity contribution < 1.29 is 45.9 Å². The Morgan fingerprint density at radius 3 is 1.29 bits per heavy atom. The number of halogens is 2. The van der Waals surface area contributed by atoms with Crippen LogP contribution in [0.15, 0.2) is 60.7 Å². The summed E-state index contributed by atoms with van der Waals surface area (Å²) >= 11 is 0. The van der Waals surface area contributed by atoms with Gasteiger partial charge in [0.15, 0.2) is 0 Å². The van der Waals surface area contributed by atoms with E-state index in [9.17, 15) is 8.78 Å². The fourth-order valence-electron chi connectivity index (χ4n) is 3.52. The molecular weight excluding hydrogens is 380 g/mol. The van der Waals surface area contributed by atoms with Crippen molar-refractivity contribution in [2.24, 2.45) is 0 Å². The van der Waals surface area contributed by atoms with Gasteiger partial charge in [0.05, 0.1) is 11.6 Å². The number of hydrogen-bond donors (Lipinski definition) is 0. The summed E-state index contributed by atoms with van der Waals surface area (Å²) in [6, 6.07) is 18.3. The van der Waals surface area contributed by atoms with E-state index in [0.29, 0.717) is 21.5 Å². The van der Waals surface area contributed by atoms with E-state index >= 15 is 0 Å². The second-order valence-electron chi connectivity index (χ2n) is 5.66. The molecule has 116 valence electrons. The molecule has 0 unspecified atom stereocenters. The zero-order valence-electron chi connectivity index (χ0n) is 12.4. The van der Waals surface area contributed by atoms with Crippen molar-refractivity contribution in [2.45, 2.75) is 0 Å². The van der Waals surface area contributed by atoms with Crippen LogP contribution in [-0.2, 0) is 37.1 Å². The average molecular weight is 390 g/mol. The standard InChI is InChI=1S/C20H10F2.2V/c21-19-13-7-3-1-5-11(13)15-9-18-16(10-17(15)19)12-6-2-4-8-14(12)20(18)22;;/h1-10H;;/q-2;;. The Labute approximate surface area is 160 Å². The molecule has 0 bridgehead atoms. The van der Waals surface area contributed by atoms with Gasteiger partial charge in [-0.25, -0.2) is 0 Å². The number of hydrogen-bond acceptors (Lipinski definition) is 0. The molecule has 0 aromatic heterocycles. The molecule has 0 aliphatic heterocycles. The molecular formula is C20H10F2V2-2. The van der Waals surface area contributed by atoms with E-state index in [4.69, 9.17) is 0 Å². The van der Waals surface area contributed by atoms with E-state index in [1.54, 1.807) is 24.3 Å². The molecule has 4 heteroatoms. The first kappa shape index (κ1) is 17.3. The third kappa shape index (κ3) is 2.11. The second-order valence-corrected chi connectivity index (χ2v) is 5.66. The minimum Gasteiger partial charge on any atom is -0.254 e. The van der Waals surface area contributed by atoms with E-state index in [0.717, 1.165) is 21.5 Å². The molecule has 0 aliphatic carbocycles. The molecule has 0 aliphatic rings. The van der Waals surface area contributed by atoms with E-state index in [1.165, 1.54) is 0 Å². The van der Waals surface area contributed by atoms with Gasteiger partial charge in [-0.3, -0.25) is 8.78 Å². The third-order valence-corrected chi connectivity index (χ3v) is 4.54. The molecule has 24 heavy (non-hydrogen) atoms. The van der Waals surface area contributed by atoms with Crippen LogP contribution >= 0.6 is 0 Å². The van der Waals surface area contributed by atoms with Crippen LogP contribution in [0.25, 0.3) is 43.1 Å². The molecule has 0 heterocycles. The van der Waals surface area contributed by atoms with Gasteiger partial charge in [0.2, 0.25) is 0 Å². The molecule has 0 saturated heterocycles. The summed E-state index contributed by atoms with van der Waals surface area (Å²) in [5.41, 5.74) is 0. The molecule has 0 atom stereocenters. The number of rotatable bonds is 0. The van der Waals surface area contributed by atoms with Crippen LogP contribution in [0.5, 0.6) is 0 Å². The van der Waals surface area contributed by atoms with Crippen LogP contribution in [-0.4, -0.2) is 0 Å². The van der Waals surface area contributed by atoms with Crippen molar-refractivity contribution in [3.63, 3.8) is 0 Å². The molecule has 0 nitrogen and oxygen atoms in total. The van der Waals surface area contributed by atoms with Crippen molar-refractivity contribution in [2.75, 3.05) is 0 Å². The van der Waals surface area contributed by atoms with Crippen molar-refractivity contribution >= 4 is 43.1 Å². The summed E-state index contributed by atoms with van der Waals surface area (Å²) in [6.07, 6.45) is 0. The van der Waals surface area contributed by atoms with Crippen LogP contribution in [0.3, 0.4) is 0 Å². The Bertz CT molecular complexity index is 1100. The molecule has 0 N–H and O–H groups in total. The van der Waals surface area contributed by atoms with E-state index in [1.807, 2.05) is 36.4 Å². The molecule has 2 radical (unpaired) electrons. The SMILES string of the molecule is F[c-]1c2ccccc2c2cc3c(cc21)c1ccccc1[c-]3F.[V].[V].